The van der Waals surface area contributed by atoms with Crippen molar-refractivity contribution in [3.05, 3.63) is 41.5 Å². The maximum Gasteiger partial charge on any atom is 0.137 e. The van der Waals surface area contributed by atoms with E-state index in [9.17, 15) is 4.39 Å². The molecule has 1 aromatic heterocycles. The number of halogens is 1. The maximum atomic E-state index is 13.7. The van der Waals surface area contributed by atoms with Crippen LogP contribution in [0, 0.1) is 12.7 Å². The van der Waals surface area contributed by atoms with Gasteiger partial charge in [-0.25, -0.2) is 14.4 Å². The first-order valence-electron chi connectivity index (χ1n) is 6.13. The lowest BCUT2D eigenvalue weighted by Gasteiger charge is -2.11. The molecule has 0 aliphatic heterocycles. The molecule has 1 N–H and O–H groups in total. The predicted molar refractivity (Wildman–Crippen MR) is 76.2 cm³/mol. The average Bonchev–Trinajstić information content (AvgIpc) is 2.43. The average molecular weight is 277 g/mol. The summed E-state index contributed by atoms with van der Waals surface area (Å²) in [5.41, 5.74) is 0.938. The molecular weight excluding hydrogens is 261 g/mol. The van der Waals surface area contributed by atoms with Gasteiger partial charge in [-0.15, -0.1) is 0 Å². The van der Waals surface area contributed by atoms with Gasteiger partial charge in [0.05, 0.1) is 0 Å². The van der Waals surface area contributed by atoms with Crippen LogP contribution in [0.5, 0.6) is 0 Å². The van der Waals surface area contributed by atoms with Crippen molar-refractivity contribution < 1.29 is 4.39 Å². The molecule has 1 heterocycles. The third kappa shape index (κ3) is 3.04. The van der Waals surface area contributed by atoms with Crippen LogP contribution in [0.4, 0.5) is 10.2 Å². The van der Waals surface area contributed by atoms with Crippen LogP contribution in [0.2, 0.25) is 0 Å². The normalized spacial score (nSPS) is 10.5. The first kappa shape index (κ1) is 13.8. The molecule has 0 saturated heterocycles. The van der Waals surface area contributed by atoms with E-state index in [1.807, 2.05) is 27.0 Å². The zero-order valence-electron chi connectivity index (χ0n) is 11.2. The van der Waals surface area contributed by atoms with Crippen molar-refractivity contribution in [1.82, 2.24) is 9.97 Å². The molecule has 0 radical (unpaired) electrons. The molecule has 0 saturated carbocycles. The largest absolute Gasteiger partial charge is 0.373 e. The molecule has 2 aromatic rings. The van der Waals surface area contributed by atoms with Crippen molar-refractivity contribution in [2.24, 2.45) is 0 Å². The molecule has 5 heteroatoms. The van der Waals surface area contributed by atoms with Crippen LogP contribution in [-0.2, 0) is 6.42 Å². The molecule has 0 aliphatic rings. The summed E-state index contributed by atoms with van der Waals surface area (Å²) in [6.07, 6.45) is 0.750. The van der Waals surface area contributed by atoms with Gasteiger partial charge in [-0.3, -0.25) is 0 Å². The highest BCUT2D eigenvalue weighted by Gasteiger charge is 2.12. The van der Waals surface area contributed by atoms with Crippen molar-refractivity contribution in [2.75, 3.05) is 12.4 Å². The number of hydrogen-bond donors (Lipinski definition) is 1. The Morgan fingerprint density at radius 3 is 2.63 bits per heavy atom. The predicted octanol–water partition coefficient (Wildman–Crippen LogP) is 3.68. The van der Waals surface area contributed by atoms with Crippen molar-refractivity contribution in [3.63, 3.8) is 0 Å². The van der Waals surface area contributed by atoms with E-state index in [0.29, 0.717) is 4.90 Å². The van der Waals surface area contributed by atoms with Crippen LogP contribution in [0.15, 0.2) is 34.2 Å². The molecule has 0 bridgehead atoms. The molecule has 0 amide bonds. The Balaban J connectivity index is 2.42. The second-order valence-electron chi connectivity index (χ2n) is 4.05. The fourth-order valence-electron chi connectivity index (χ4n) is 1.67. The molecule has 1 aromatic carbocycles. The molecule has 3 nitrogen and oxygen atoms in total. The maximum absolute atomic E-state index is 13.7. The van der Waals surface area contributed by atoms with Crippen LogP contribution >= 0.6 is 11.8 Å². The lowest BCUT2D eigenvalue weighted by molar-refractivity contribution is 0.602. The van der Waals surface area contributed by atoms with Crippen molar-refractivity contribution in [2.45, 2.75) is 30.2 Å². The Labute approximate surface area is 116 Å². The van der Waals surface area contributed by atoms with E-state index in [1.165, 1.54) is 17.8 Å². The highest BCUT2D eigenvalue weighted by Crippen LogP contribution is 2.32. The van der Waals surface area contributed by atoms with Gasteiger partial charge in [0, 0.05) is 23.9 Å². The van der Waals surface area contributed by atoms with Gasteiger partial charge in [-0.05, 0) is 19.1 Å². The highest BCUT2D eigenvalue weighted by atomic mass is 32.2. The van der Waals surface area contributed by atoms with Crippen LogP contribution < -0.4 is 5.32 Å². The van der Waals surface area contributed by atoms with Crippen LogP contribution in [0.3, 0.4) is 0 Å². The van der Waals surface area contributed by atoms with E-state index in [2.05, 4.69) is 15.3 Å². The minimum absolute atomic E-state index is 0.227. The zero-order chi connectivity index (χ0) is 13.8. The third-order valence-corrected chi connectivity index (χ3v) is 3.89. The second-order valence-corrected chi connectivity index (χ2v) is 5.09. The van der Waals surface area contributed by atoms with Gasteiger partial charge in [0.15, 0.2) is 0 Å². The summed E-state index contributed by atoms with van der Waals surface area (Å²) in [7, 11) is 1.83. The van der Waals surface area contributed by atoms with Crippen molar-refractivity contribution in [1.29, 1.82) is 0 Å². The SMILES string of the molecule is CCc1nc(NC)c(C)c(Sc2ccccc2F)n1. The van der Waals surface area contributed by atoms with Crippen molar-refractivity contribution in [3.8, 4) is 0 Å². The van der Waals surface area contributed by atoms with E-state index in [0.717, 1.165) is 28.7 Å². The van der Waals surface area contributed by atoms with Gasteiger partial charge in [-0.1, -0.05) is 30.8 Å². The minimum atomic E-state index is -0.227. The van der Waals surface area contributed by atoms with Gasteiger partial charge >= 0.3 is 0 Å². The number of aromatic nitrogens is 2. The molecule has 0 spiro atoms. The first-order valence-corrected chi connectivity index (χ1v) is 6.95. The molecule has 0 aliphatic carbocycles. The number of nitrogens with zero attached hydrogens (tertiary/aromatic N) is 2. The number of nitrogens with one attached hydrogen (secondary N) is 1. The monoisotopic (exact) mass is 277 g/mol. The molecule has 0 atom stereocenters. The summed E-state index contributed by atoms with van der Waals surface area (Å²) < 4.78 is 13.7. The minimum Gasteiger partial charge on any atom is -0.373 e. The van der Waals surface area contributed by atoms with Crippen LogP contribution in [0.1, 0.15) is 18.3 Å². The number of benzene rings is 1. The highest BCUT2D eigenvalue weighted by molar-refractivity contribution is 7.99. The number of hydrogen-bond acceptors (Lipinski definition) is 4. The molecule has 2 rings (SSSR count). The zero-order valence-corrected chi connectivity index (χ0v) is 12.0. The summed E-state index contributed by atoms with van der Waals surface area (Å²) >= 11 is 1.33. The standard InChI is InChI=1S/C14H16FN3S/c1-4-12-17-13(16-3)9(2)14(18-12)19-11-8-6-5-7-10(11)15/h5-8H,4H2,1-3H3,(H,16,17,18). The topological polar surface area (TPSA) is 37.8 Å². The number of aryl methyl sites for hydroxylation is 1. The van der Waals surface area contributed by atoms with Crippen LogP contribution in [0.25, 0.3) is 0 Å². The second kappa shape index (κ2) is 6.02. The van der Waals surface area contributed by atoms with E-state index in [-0.39, 0.29) is 5.82 Å². The summed E-state index contributed by atoms with van der Waals surface area (Å²) in [5.74, 6) is 1.33. The number of rotatable bonds is 4. The number of anilines is 1. The summed E-state index contributed by atoms with van der Waals surface area (Å²) in [6.45, 7) is 3.94. The third-order valence-electron chi connectivity index (χ3n) is 2.74. The molecule has 100 valence electrons. The Kier molecular flexibility index (Phi) is 4.37. The summed E-state index contributed by atoms with van der Waals surface area (Å²) in [6, 6.07) is 6.72. The Morgan fingerprint density at radius 2 is 2.00 bits per heavy atom. The fourth-order valence-corrected chi connectivity index (χ4v) is 2.59. The Morgan fingerprint density at radius 1 is 1.26 bits per heavy atom. The van der Waals surface area contributed by atoms with Crippen LogP contribution in [-0.4, -0.2) is 17.0 Å². The van der Waals surface area contributed by atoms with Gasteiger partial charge in [-0.2, -0.15) is 0 Å². The fraction of sp³-hybridized carbons (Fsp3) is 0.286. The van der Waals surface area contributed by atoms with Gasteiger partial charge < -0.3 is 5.32 Å². The summed E-state index contributed by atoms with van der Waals surface area (Å²) in [4.78, 5) is 9.46. The summed E-state index contributed by atoms with van der Waals surface area (Å²) in [5, 5.41) is 3.85. The van der Waals surface area contributed by atoms with Crippen molar-refractivity contribution >= 4 is 17.6 Å². The lowest BCUT2D eigenvalue weighted by atomic mass is 10.3. The molecule has 0 unspecified atom stereocenters. The van der Waals surface area contributed by atoms with Gasteiger partial charge in [0.1, 0.15) is 22.5 Å². The smallest absolute Gasteiger partial charge is 0.137 e. The lowest BCUT2D eigenvalue weighted by Crippen LogP contribution is -2.04. The Hall–Kier alpha value is -1.62. The van der Waals surface area contributed by atoms with E-state index >= 15 is 0 Å². The molecule has 19 heavy (non-hydrogen) atoms. The first-order chi connectivity index (χ1) is 9.15. The van der Waals surface area contributed by atoms with E-state index in [1.54, 1.807) is 12.1 Å². The quantitative estimate of drug-likeness (QED) is 0.865. The van der Waals surface area contributed by atoms with Gasteiger partial charge in [0.2, 0.25) is 0 Å². The van der Waals surface area contributed by atoms with Gasteiger partial charge in [0.25, 0.3) is 0 Å². The molecular formula is C14H16FN3S. The molecule has 0 fully saturated rings. The van der Waals surface area contributed by atoms with E-state index in [4.69, 9.17) is 0 Å². The van der Waals surface area contributed by atoms with E-state index < -0.39 is 0 Å². The Bertz CT molecular complexity index is 587.